The summed E-state index contributed by atoms with van der Waals surface area (Å²) < 4.78 is 28.7. The monoisotopic (exact) mass is 528 g/mol. The second-order valence-corrected chi connectivity index (χ2v) is 12.1. The number of nitrogens with zero attached hydrogens (tertiary/aromatic N) is 1. The van der Waals surface area contributed by atoms with E-state index in [0.29, 0.717) is 35.0 Å². The molecule has 3 aromatic carbocycles. The predicted molar refractivity (Wildman–Crippen MR) is 151 cm³/mol. The highest BCUT2D eigenvalue weighted by Crippen LogP contribution is 2.39. The number of amides is 1. The quantitative estimate of drug-likeness (QED) is 0.344. The van der Waals surface area contributed by atoms with Crippen LogP contribution in [0.2, 0.25) is 0 Å². The minimum absolute atomic E-state index is 0.157. The molecule has 1 amide bonds. The Balaban J connectivity index is 1.35. The van der Waals surface area contributed by atoms with Crippen LogP contribution >= 0.6 is 0 Å². The van der Waals surface area contributed by atoms with E-state index in [1.165, 1.54) is 18.4 Å². The van der Waals surface area contributed by atoms with Gasteiger partial charge >= 0.3 is 0 Å². The van der Waals surface area contributed by atoms with Crippen molar-refractivity contribution in [1.82, 2.24) is 9.62 Å². The minimum atomic E-state index is -3.68. The predicted octanol–water partition coefficient (Wildman–Crippen LogP) is 4.90. The topological polar surface area (TPSA) is 90.5 Å². The smallest absolute Gasteiger partial charge is 0.258 e. The number of carbonyl (C=O) groups is 1. The molecule has 2 heterocycles. The molecule has 2 aliphatic heterocycles. The molecule has 0 unspecified atom stereocenters. The van der Waals surface area contributed by atoms with Crippen LogP contribution in [-0.4, -0.2) is 38.9 Å². The van der Waals surface area contributed by atoms with Crippen molar-refractivity contribution in [3.05, 3.63) is 89.5 Å². The summed E-state index contributed by atoms with van der Waals surface area (Å²) in [7, 11) is -3.68. The normalized spacial score (nSPS) is 18.8. The van der Waals surface area contributed by atoms with Crippen LogP contribution in [0.15, 0.2) is 77.7 Å². The third-order valence-electron chi connectivity index (χ3n) is 7.45. The van der Waals surface area contributed by atoms with Crippen molar-refractivity contribution in [1.29, 1.82) is 0 Å². The van der Waals surface area contributed by atoms with Crippen LogP contribution in [0.3, 0.4) is 0 Å². The van der Waals surface area contributed by atoms with Crippen LogP contribution < -0.4 is 15.4 Å². The van der Waals surface area contributed by atoms with Crippen LogP contribution in [0.25, 0.3) is 11.3 Å². The van der Waals surface area contributed by atoms with E-state index in [1.54, 1.807) is 18.2 Å². The Morgan fingerprint density at radius 1 is 0.947 bits per heavy atom. The van der Waals surface area contributed by atoms with Gasteiger partial charge in [-0.1, -0.05) is 42.5 Å². The van der Waals surface area contributed by atoms with Gasteiger partial charge in [0.05, 0.1) is 16.2 Å². The first-order valence-electron chi connectivity index (χ1n) is 13.3. The van der Waals surface area contributed by atoms with E-state index in [4.69, 9.17) is 0 Å². The molecule has 3 aliphatic rings. The van der Waals surface area contributed by atoms with E-state index in [-0.39, 0.29) is 10.8 Å². The fourth-order valence-corrected chi connectivity index (χ4v) is 6.26. The summed E-state index contributed by atoms with van der Waals surface area (Å²) in [5.74, 6) is 0.158. The molecule has 0 radical (unpaired) electrons. The molecule has 1 aliphatic carbocycles. The molecule has 0 spiro atoms. The summed E-state index contributed by atoms with van der Waals surface area (Å²) in [5, 5.41) is 6.39. The highest BCUT2D eigenvalue weighted by atomic mass is 32.2. The van der Waals surface area contributed by atoms with Gasteiger partial charge in [0.15, 0.2) is 0 Å². The number of anilines is 2. The molecule has 6 rings (SSSR count). The molecule has 3 N–H and O–H groups in total. The van der Waals surface area contributed by atoms with E-state index < -0.39 is 10.0 Å². The maximum absolute atomic E-state index is 13.3. The fraction of sp³-hybridized carbons (Fsp3) is 0.300. The Morgan fingerprint density at radius 3 is 2.39 bits per heavy atom. The standard InChI is InChI=1S/C30H32N4O3S/c35-30-28(26-18-25(14-15-27(26)33-30)38(36,37)31-19-21-8-9-21)29(23-6-2-1-3-7-23)32-24-12-10-22(11-13-24)20-34-16-4-5-17-34/h1-3,6-7,10-15,18,21,31-32H,4-5,8-9,16-17,19-20H2,(H,33,35)/b29-28-. The number of hydrogen-bond acceptors (Lipinski definition) is 5. The number of sulfonamides is 1. The molecule has 3 aromatic rings. The minimum Gasteiger partial charge on any atom is -0.354 e. The van der Waals surface area contributed by atoms with E-state index >= 15 is 0 Å². The lowest BCUT2D eigenvalue weighted by Crippen LogP contribution is -2.25. The van der Waals surface area contributed by atoms with Gasteiger partial charge in [-0.05, 0) is 86.1 Å². The molecule has 1 saturated carbocycles. The maximum Gasteiger partial charge on any atom is 0.258 e. The van der Waals surface area contributed by atoms with Gasteiger partial charge in [-0.2, -0.15) is 0 Å². The molecule has 0 atom stereocenters. The Hall–Kier alpha value is -3.46. The maximum atomic E-state index is 13.3. The zero-order chi connectivity index (χ0) is 26.1. The molecule has 1 saturated heterocycles. The molecule has 0 aromatic heterocycles. The van der Waals surface area contributed by atoms with E-state index in [0.717, 1.165) is 43.7 Å². The van der Waals surface area contributed by atoms with Gasteiger partial charge in [0.1, 0.15) is 0 Å². The van der Waals surface area contributed by atoms with Crippen LogP contribution in [-0.2, 0) is 21.4 Å². The first-order valence-corrected chi connectivity index (χ1v) is 14.8. The second-order valence-electron chi connectivity index (χ2n) is 10.4. The average molecular weight is 529 g/mol. The number of carbonyl (C=O) groups excluding carboxylic acids is 1. The van der Waals surface area contributed by atoms with Gasteiger partial charge in [-0.15, -0.1) is 0 Å². The molecular weight excluding hydrogens is 496 g/mol. The van der Waals surface area contributed by atoms with Gasteiger partial charge in [0.25, 0.3) is 5.91 Å². The number of hydrogen-bond donors (Lipinski definition) is 3. The van der Waals surface area contributed by atoms with Gasteiger partial charge in [0.2, 0.25) is 10.0 Å². The largest absolute Gasteiger partial charge is 0.354 e. The zero-order valence-electron chi connectivity index (χ0n) is 21.2. The molecule has 2 fully saturated rings. The Labute approximate surface area is 224 Å². The molecule has 7 nitrogen and oxygen atoms in total. The van der Waals surface area contributed by atoms with Crippen molar-refractivity contribution in [2.24, 2.45) is 5.92 Å². The third-order valence-corrected chi connectivity index (χ3v) is 8.87. The van der Waals surface area contributed by atoms with Crippen molar-refractivity contribution in [2.75, 3.05) is 30.3 Å². The van der Waals surface area contributed by atoms with Crippen LogP contribution in [0.5, 0.6) is 0 Å². The van der Waals surface area contributed by atoms with Crippen LogP contribution in [0, 0.1) is 5.92 Å². The number of rotatable bonds is 9. The summed E-state index contributed by atoms with van der Waals surface area (Å²) in [5.41, 5.74) is 5.18. The first kappa shape index (κ1) is 24.9. The van der Waals surface area contributed by atoms with E-state index in [1.807, 2.05) is 42.5 Å². The fourth-order valence-electron chi connectivity index (χ4n) is 5.12. The molecule has 8 heteroatoms. The summed E-state index contributed by atoms with van der Waals surface area (Å²) >= 11 is 0. The first-order chi connectivity index (χ1) is 18.5. The number of fused-ring (bicyclic) bond motifs is 1. The SMILES string of the molecule is O=C1Nc2ccc(S(=O)(=O)NCC3CC3)cc2/C1=C(/Nc1ccc(CN2CCCC2)cc1)c1ccccc1. The van der Waals surface area contributed by atoms with Crippen LogP contribution in [0.1, 0.15) is 42.4 Å². The van der Waals surface area contributed by atoms with Gasteiger partial charge in [0, 0.05) is 30.0 Å². The lowest BCUT2D eigenvalue weighted by atomic mass is 10.00. The Kier molecular flexibility index (Phi) is 6.78. The van der Waals surface area contributed by atoms with Gasteiger partial charge < -0.3 is 10.6 Å². The van der Waals surface area contributed by atoms with E-state index in [9.17, 15) is 13.2 Å². The molecular formula is C30H32N4O3S. The summed E-state index contributed by atoms with van der Waals surface area (Å²) in [6.07, 6.45) is 4.64. The zero-order valence-corrected chi connectivity index (χ0v) is 22.1. The Morgan fingerprint density at radius 2 is 1.68 bits per heavy atom. The number of likely N-dealkylation sites (tertiary alicyclic amines) is 1. The van der Waals surface area contributed by atoms with Gasteiger partial charge in [-0.25, -0.2) is 13.1 Å². The van der Waals surface area contributed by atoms with E-state index in [2.05, 4.69) is 32.4 Å². The summed E-state index contributed by atoms with van der Waals surface area (Å²) in [6, 6.07) is 22.8. The second kappa shape index (κ2) is 10.4. The number of benzene rings is 3. The van der Waals surface area contributed by atoms with Gasteiger partial charge in [-0.3, -0.25) is 9.69 Å². The number of nitrogens with one attached hydrogen (secondary N) is 3. The third kappa shape index (κ3) is 5.38. The average Bonchev–Trinajstić information content (AvgIpc) is 3.52. The van der Waals surface area contributed by atoms with Crippen molar-refractivity contribution in [2.45, 2.75) is 37.1 Å². The van der Waals surface area contributed by atoms with Crippen molar-refractivity contribution >= 4 is 38.6 Å². The molecule has 38 heavy (non-hydrogen) atoms. The summed E-state index contributed by atoms with van der Waals surface area (Å²) in [6.45, 7) is 3.68. The van der Waals surface area contributed by atoms with Crippen molar-refractivity contribution in [3.63, 3.8) is 0 Å². The highest BCUT2D eigenvalue weighted by molar-refractivity contribution is 7.89. The lowest BCUT2D eigenvalue weighted by Gasteiger charge is -2.17. The molecule has 196 valence electrons. The van der Waals surface area contributed by atoms with Crippen molar-refractivity contribution in [3.8, 4) is 0 Å². The molecule has 0 bridgehead atoms. The highest BCUT2D eigenvalue weighted by Gasteiger charge is 2.31. The summed E-state index contributed by atoms with van der Waals surface area (Å²) in [4.78, 5) is 15.9. The Bertz CT molecular complexity index is 1470. The lowest BCUT2D eigenvalue weighted by molar-refractivity contribution is -0.110. The van der Waals surface area contributed by atoms with Crippen molar-refractivity contribution < 1.29 is 13.2 Å². The van der Waals surface area contributed by atoms with Crippen LogP contribution in [0.4, 0.5) is 11.4 Å².